The predicted molar refractivity (Wildman–Crippen MR) is 94.3 cm³/mol. The van der Waals surface area contributed by atoms with Crippen LogP contribution in [-0.2, 0) is 12.0 Å². The summed E-state index contributed by atoms with van der Waals surface area (Å²) in [6, 6.07) is 14.8. The Morgan fingerprint density at radius 3 is 2.13 bits per heavy atom. The number of ether oxygens (including phenoxy) is 1. The molecule has 0 unspecified atom stereocenters. The van der Waals surface area contributed by atoms with Crippen LogP contribution >= 0.6 is 0 Å². The van der Waals surface area contributed by atoms with Gasteiger partial charge >= 0.3 is 0 Å². The fourth-order valence-electron chi connectivity index (χ4n) is 3.22. The third kappa shape index (κ3) is 5.38. The van der Waals surface area contributed by atoms with Crippen LogP contribution in [0.1, 0.15) is 52.2 Å². The quantitative estimate of drug-likeness (QED) is 0.646. The first-order chi connectivity index (χ1) is 10.7. The van der Waals surface area contributed by atoms with Gasteiger partial charge in [-0.2, -0.15) is 0 Å². The summed E-state index contributed by atoms with van der Waals surface area (Å²) in [7, 11) is 0. The molecule has 0 heterocycles. The van der Waals surface area contributed by atoms with Crippen molar-refractivity contribution in [1.29, 1.82) is 0 Å². The van der Waals surface area contributed by atoms with Gasteiger partial charge in [0.1, 0.15) is 18.2 Å². The second kappa shape index (κ2) is 6.74. The predicted octanol–water partition coefficient (Wildman–Crippen LogP) is 6.12. The Labute approximate surface area is 139 Å². The monoisotopic (exact) mass is 314 g/mol. The van der Waals surface area contributed by atoms with Gasteiger partial charge in [0.05, 0.1) is 0 Å². The second-order valence-corrected chi connectivity index (χ2v) is 8.06. The Kier molecular flexibility index (Phi) is 5.13. The third-order valence-electron chi connectivity index (χ3n) is 3.90. The van der Waals surface area contributed by atoms with Gasteiger partial charge in [0.15, 0.2) is 0 Å². The molecule has 0 aliphatic heterocycles. The van der Waals surface area contributed by atoms with Crippen LogP contribution in [0.3, 0.4) is 0 Å². The van der Waals surface area contributed by atoms with Gasteiger partial charge in [-0.15, -0.1) is 0 Å². The number of hydrogen-bond donors (Lipinski definition) is 0. The highest BCUT2D eigenvalue weighted by Gasteiger charge is 2.27. The molecule has 2 heteroatoms. The summed E-state index contributed by atoms with van der Waals surface area (Å²) in [6.45, 7) is 11.7. The van der Waals surface area contributed by atoms with Crippen molar-refractivity contribution in [2.45, 2.75) is 53.1 Å². The maximum Gasteiger partial charge on any atom is 0.123 e. The Hall–Kier alpha value is -1.83. The van der Waals surface area contributed by atoms with Gasteiger partial charge in [-0.3, -0.25) is 0 Å². The molecule has 0 N–H and O–H groups in total. The van der Waals surface area contributed by atoms with Crippen LogP contribution < -0.4 is 4.74 Å². The van der Waals surface area contributed by atoms with Crippen LogP contribution in [0.2, 0.25) is 0 Å². The van der Waals surface area contributed by atoms with Crippen LogP contribution in [0, 0.1) is 11.2 Å². The van der Waals surface area contributed by atoms with Gasteiger partial charge in [-0.05, 0) is 52.6 Å². The van der Waals surface area contributed by atoms with Crippen molar-refractivity contribution in [3.63, 3.8) is 0 Å². The average Bonchev–Trinajstić information content (AvgIpc) is 2.43. The third-order valence-corrected chi connectivity index (χ3v) is 3.90. The van der Waals surface area contributed by atoms with E-state index in [4.69, 9.17) is 4.74 Å². The van der Waals surface area contributed by atoms with E-state index in [1.807, 2.05) is 18.2 Å². The number of rotatable bonds is 5. The maximum atomic E-state index is 13.2. The smallest absolute Gasteiger partial charge is 0.123 e. The first-order valence-electron chi connectivity index (χ1n) is 8.14. The normalized spacial score (nSPS) is 12.3. The Morgan fingerprint density at radius 2 is 1.57 bits per heavy atom. The SMILES string of the molecule is CC(C)(C)CC(C)(C)c1ccc(OCc2cccc(F)c2)cc1. The van der Waals surface area contributed by atoms with Crippen molar-refractivity contribution in [2.24, 2.45) is 5.41 Å². The molecule has 0 saturated heterocycles. The highest BCUT2D eigenvalue weighted by molar-refractivity contribution is 5.32. The lowest BCUT2D eigenvalue weighted by atomic mass is 9.72. The molecule has 0 radical (unpaired) electrons. The topological polar surface area (TPSA) is 9.23 Å². The molecule has 0 atom stereocenters. The maximum absolute atomic E-state index is 13.2. The van der Waals surface area contributed by atoms with E-state index in [-0.39, 0.29) is 16.6 Å². The molecule has 0 aliphatic rings. The summed E-state index contributed by atoms with van der Waals surface area (Å²) in [5.41, 5.74) is 2.56. The van der Waals surface area contributed by atoms with E-state index in [1.54, 1.807) is 6.07 Å². The zero-order chi connectivity index (χ0) is 17.1. The van der Waals surface area contributed by atoms with Gasteiger partial charge in [0, 0.05) is 0 Å². The molecular weight excluding hydrogens is 287 g/mol. The molecule has 2 rings (SSSR count). The summed E-state index contributed by atoms with van der Waals surface area (Å²) in [6.07, 6.45) is 1.11. The fraction of sp³-hybridized carbons (Fsp3) is 0.429. The molecule has 0 spiro atoms. The van der Waals surface area contributed by atoms with Crippen molar-refractivity contribution in [2.75, 3.05) is 0 Å². The zero-order valence-corrected chi connectivity index (χ0v) is 14.8. The number of benzene rings is 2. The summed E-state index contributed by atoms with van der Waals surface area (Å²) < 4.78 is 18.9. The van der Waals surface area contributed by atoms with Gasteiger partial charge in [0.25, 0.3) is 0 Å². The minimum atomic E-state index is -0.231. The molecule has 0 fully saturated rings. The molecule has 0 bridgehead atoms. The number of halogens is 1. The van der Waals surface area contributed by atoms with E-state index in [1.165, 1.54) is 17.7 Å². The van der Waals surface area contributed by atoms with Gasteiger partial charge in [-0.25, -0.2) is 4.39 Å². The van der Waals surface area contributed by atoms with Gasteiger partial charge < -0.3 is 4.74 Å². The van der Waals surface area contributed by atoms with Crippen LogP contribution in [0.25, 0.3) is 0 Å². The summed E-state index contributed by atoms with van der Waals surface area (Å²) >= 11 is 0. The Bertz CT molecular complexity index is 636. The van der Waals surface area contributed by atoms with E-state index in [2.05, 4.69) is 46.8 Å². The average molecular weight is 314 g/mol. The Balaban J connectivity index is 2.02. The summed E-state index contributed by atoms with van der Waals surface area (Å²) in [5.74, 6) is 0.579. The first-order valence-corrected chi connectivity index (χ1v) is 8.14. The van der Waals surface area contributed by atoms with E-state index in [0.29, 0.717) is 6.61 Å². The molecule has 0 aromatic heterocycles. The molecule has 2 aromatic rings. The molecule has 2 aromatic carbocycles. The molecular formula is C21H27FO. The van der Waals surface area contributed by atoms with Crippen molar-refractivity contribution in [1.82, 2.24) is 0 Å². The van der Waals surface area contributed by atoms with Crippen LogP contribution in [0.15, 0.2) is 48.5 Å². The van der Waals surface area contributed by atoms with Crippen LogP contribution in [0.5, 0.6) is 5.75 Å². The molecule has 0 aliphatic carbocycles. The summed E-state index contributed by atoms with van der Waals surface area (Å²) in [4.78, 5) is 0. The number of hydrogen-bond acceptors (Lipinski definition) is 1. The lowest BCUT2D eigenvalue weighted by molar-refractivity contribution is 0.283. The van der Waals surface area contributed by atoms with Gasteiger partial charge in [0.2, 0.25) is 0 Å². The molecule has 1 nitrogen and oxygen atoms in total. The minimum Gasteiger partial charge on any atom is -0.489 e. The highest BCUT2D eigenvalue weighted by Crippen LogP contribution is 2.36. The van der Waals surface area contributed by atoms with Crippen molar-refractivity contribution < 1.29 is 9.13 Å². The summed E-state index contributed by atoms with van der Waals surface area (Å²) in [5, 5.41) is 0. The zero-order valence-electron chi connectivity index (χ0n) is 14.8. The van der Waals surface area contributed by atoms with Crippen molar-refractivity contribution in [3.8, 4) is 5.75 Å². The lowest BCUT2D eigenvalue weighted by Gasteiger charge is -2.33. The largest absolute Gasteiger partial charge is 0.489 e. The molecule has 0 saturated carbocycles. The lowest BCUT2D eigenvalue weighted by Crippen LogP contribution is -2.24. The minimum absolute atomic E-state index is 0.124. The Morgan fingerprint density at radius 1 is 0.913 bits per heavy atom. The fourth-order valence-corrected chi connectivity index (χ4v) is 3.22. The van der Waals surface area contributed by atoms with Gasteiger partial charge in [-0.1, -0.05) is 58.9 Å². The highest BCUT2D eigenvalue weighted by atomic mass is 19.1. The standard InChI is InChI=1S/C21H27FO/c1-20(2,3)15-21(4,5)17-9-11-19(12-10-17)23-14-16-7-6-8-18(22)13-16/h6-13H,14-15H2,1-5H3. The second-order valence-electron chi connectivity index (χ2n) is 8.06. The van der Waals surface area contributed by atoms with Crippen molar-refractivity contribution >= 4 is 0 Å². The van der Waals surface area contributed by atoms with E-state index >= 15 is 0 Å². The van der Waals surface area contributed by atoms with E-state index in [9.17, 15) is 4.39 Å². The first kappa shape index (κ1) is 17.5. The van der Waals surface area contributed by atoms with Crippen molar-refractivity contribution in [3.05, 3.63) is 65.5 Å². The molecule has 124 valence electrons. The van der Waals surface area contributed by atoms with E-state index in [0.717, 1.165) is 17.7 Å². The molecule has 0 amide bonds. The van der Waals surface area contributed by atoms with E-state index < -0.39 is 0 Å². The van der Waals surface area contributed by atoms with Crippen LogP contribution in [0.4, 0.5) is 4.39 Å². The van der Waals surface area contributed by atoms with Crippen LogP contribution in [-0.4, -0.2) is 0 Å². The molecule has 23 heavy (non-hydrogen) atoms.